The van der Waals surface area contributed by atoms with E-state index in [1.165, 1.54) is 23.0 Å². The van der Waals surface area contributed by atoms with E-state index in [0.717, 1.165) is 16.9 Å². The number of nitro benzene ring substituents is 1. The number of rotatable bonds is 11. The summed E-state index contributed by atoms with van der Waals surface area (Å²) < 4.78 is 12.8. The predicted octanol–water partition coefficient (Wildman–Crippen LogP) is 6.70. The zero-order valence-electron chi connectivity index (χ0n) is 25.9. The molecule has 1 heterocycles. The highest BCUT2D eigenvalue weighted by Gasteiger charge is 2.21. The summed E-state index contributed by atoms with van der Waals surface area (Å²) in [6, 6.07) is 23.9. The Morgan fingerprint density at radius 2 is 1.78 bits per heavy atom. The van der Waals surface area contributed by atoms with Gasteiger partial charge in [0.1, 0.15) is 5.75 Å². The monoisotopic (exact) mass is 619 g/mol. The Labute approximate surface area is 265 Å². The van der Waals surface area contributed by atoms with Gasteiger partial charge in [-0.05, 0) is 73.4 Å². The second-order valence-corrected chi connectivity index (χ2v) is 10.8. The number of benzene rings is 4. The van der Waals surface area contributed by atoms with Crippen LogP contribution in [-0.2, 0) is 4.79 Å². The van der Waals surface area contributed by atoms with Crippen LogP contribution in [0.4, 0.5) is 11.4 Å². The maximum Gasteiger partial charge on any atom is 0.311 e. The van der Waals surface area contributed by atoms with Crippen LogP contribution in [0, 0.1) is 17.0 Å². The Hall–Kier alpha value is -5.84. The molecule has 11 nitrogen and oxygen atoms in total. The van der Waals surface area contributed by atoms with Gasteiger partial charge in [0.2, 0.25) is 5.75 Å². The normalized spacial score (nSPS) is 11.2. The van der Waals surface area contributed by atoms with Crippen LogP contribution in [0.3, 0.4) is 0 Å². The van der Waals surface area contributed by atoms with E-state index in [2.05, 4.69) is 24.3 Å². The summed E-state index contributed by atoms with van der Waals surface area (Å²) in [5.41, 5.74) is 2.92. The number of nitro groups is 1. The number of aryl methyl sites for hydroxylation is 1. The smallest absolute Gasteiger partial charge is 0.311 e. The minimum Gasteiger partial charge on any atom is -0.494 e. The Morgan fingerprint density at radius 3 is 2.50 bits per heavy atom. The van der Waals surface area contributed by atoms with Crippen molar-refractivity contribution < 1.29 is 19.2 Å². The van der Waals surface area contributed by atoms with E-state index in [4.69, 9.17) is 14.5 Å². The quantitative estimate of drug-likeness (QED) is 0.0986. The van der Waals surface area contributed by atoms with Gasteiger partial charge in [-0.2, -0.15) is 9.78 Å². The molecule has 0 aliphatic rings. The molecule has 0 fully saturated rings. The van der Waals surface area contributed by atoms with Crippen LogP contribution in [0.5, 0.6) is 11.5 Å². The first-order chi connectivity index (χ1) is 22.2. The van der Waals surface area contributed by atoms with Crippen LogP contribution in [-0.4, -0.2) is 39.9 Å². The molecule has 4 aromatic carbocycles. The number of hydrogen-bond donors (Lipinski definition) is 1. The molecular weight excluding hydrogens is 586 g/mol. The highest BCUT2D eigenvalue weighted by atomic mass is 16.6. The van der Waals surface area contributed by atoms with Gasteiger partial charge in [0, 0.05) is 22.9 Å². The van der Waals surface area contributed by atoms with Gasteiger partial charge in [-0.25, -0.2) is 4.98 Å². The summed E-state index contributed by atoms with van der Waals surface area (Å²) in [4.78, 5) is 42.6. The maximum atomic E-state index is 13.9. The van der Waals surface area contributed by atoms with E-state index in [1.54, 1.807) is 54.6 Å². The van der Waals surface area contributed by atoms with Gasteiger partial charge in [0.05, 0.1) is 28.6 Å². The number of fused-ring (bicyclic) bond motifs is 1. The molecule has 0 saturated carbocycles. The lowest BCUT2D eigenvalue weighted by molar-refractivity contribution is -0.385. The topological polar surface area (TPSA) is 138 Å². The van der Waals surface area contributed by atoms with Crippen molar-refractivity contribution in [3.63, 3.8) is 0 Å². The number of nitrogens with zero attached hydrogens (tertiary/aromatic N) is 4. The van der Waals surface area contributed by atoms with Gasteiger partial charge < -0.3 is 14.8 Å². The summed E-state index contributed by atoms with van der Waals surface area (Å²) in [6.45, 7) is 7.95. The third-order valence-corrected chi connectivity index (χ3v) is 7.21. The van der Waals surface area contributed by atoms with Crippen LogP contribution in [0.15, 0.2) is 94.8 Å². The average molecular weight is 620 g/mol. The molecule has 11 heteroatoms. The average Bonchev–Trinajstić information content (AvgIpc) is 3.04. The second-order valence-electron chi connectivity index (χ2n) is 10.8. The molecular formula is C35H33N5O6. The van der Waals surface area contributed by atoms with Crippen molar-refractivity contribution in [3.05, 3.63) is 122 Å². The Bertz CT molecular complexity index is 2000. The molecule has 0 bridgehead atoms. The van der Waals surface area contributed by atoms with Crippen molar-refractivity contribution in [1.29, 1.82) is 0 Å². The van der Waals surface area contributed by atoms with Crippen molar-refractivity contribution in [1.82, 2.24) is 9.66 Å². The van der Waals surface area contributed by atoms with Gasteiger partial charge in [0.25, 0.3) is 11.5 Å². The van der Waals surface area contributed by atoms with E-state index in [-0.39, 0.29) is 28.7 Å². The Balaban J connectivity index is 1.60. The fraction of sp³-hybridized carbons (Fsp3) is 0.200. The number of anilines is 1. The van der Waals surface area contributed by atoms with Crippen LogP contribution in [0.25, 0.3) is 22.3 Å². The molecule has 5 rings (SSSR count). The number of amides is 1. The van der Waals surface area contributed by atoms with Gasteiger partial charge >= 0.3 is 5.69 Å². The fourth-order valence-corrected chi connectivity index (χ4v) is 5.00. The van der Waals surface area contributed by atoms with E-state index in [9.17, 15) is 19.7 Å². The lowest BCUT2D eigenvalue weighted by Gasteiger charge is -2.18. The van der Waals surface area contributed by atoms with Crippen molar-refractivity contribution in [3.8, 4) is 22.9 Å². The van der Waals surface area contributed by atoms with Gasteiger partial charge in [-0.3, -0.25) is 19.7 Å². The number of para-hydroxylation sites is 3. The molecule has 46 heavy (non-hydrogen) atoms. The molecule has 0 atom stereocenters. The first-order valence-corrected chi connectivity index (χ1v) is 14.8. The first kappa shape index (κ1) is 31.6. The van der Waals surface area contributed by atoms with Crippen LogP contribution in [0.1, 0.15) is 43.4 Å². The number of ether oxygens (including phenoxy) is 2. The largest absolute Gasteiger partial charge is 0.494 e. The summed E-state index contributed by atoms with van der Waals surface area (Å²) in [6.07, 6.45) is 1.30. The minimum atomic E-state index is -0.603. The lowest BCUT2D eigenvalue weighted by atomic mass is 9.96. The van der Waals surface area contributed by atoms with E-state index in [0.29, 0.717) is 28.8 Å². The molecule has 0 aliphatic carbocycles. The third kappa shape index (κ3) is 6.78. The summed E-state index contributed by atoms with van der Waals surface area (Å²) in [7, 11) is 0. The molecule has 0 unspecified atom stereocenters. The molecule has 0 aliphatic heterocycles. The van der Waals surface area contributed by atoms with Crippen molar-refractivity contribution >= 4 is 34.4 Å². The van der Waals surface area contributed by atoms with Crippen molar-refractivity contribution in [2.75, 3.05) is 18.5 Å². The molecule has 1 N–H and O–H groups in total. The summed E-state index contributed by atoms with van der Waals surface area (Å²) >= 11 is 0. The third-order valence-electron chi connectivity index (χ3n) is 7.21. The van der Waals surface area contributed by atoms with E-state index in [1.807, 2.05) is 32.0 Å². The van der Waals surface area contributed by atoms with Gasteiger partial charge in [-0.15, -0.1) is 0 Å². The summed E-state index contributed by atoms with van der Waals surface area (Å²) in [5, 5.41) is 19.5. The van der Waals surface area contributed by atoms with Crippen LogP contribution < -0.4 is 20.3 Å². The van der Waals surface area contributed by atoms with E-state index >= 15 is 0 Å². The van der Waals surface area contributed by atoms with Crippen LogP contribution >= 0.6 is 0 Å². The SMILES string of the molecule is CCOc1cc(C)c(-c2nc3ccccc3c(=O)n2N=Cc2cccc([N+](=O)[O-])c2OCC(=O)Nc2ccccc2)cc1C(C)C. The maximum absolute atomic E-state index is 13.9. The van der Waals surface area contributed by atoms with Gasteiger partial charge in [-0.1, -0.05) is 50.2 Å². The molecule has 0 spiro atoms. The lowest BCUT2D eigenvalue weighted by Crippen LogP contribution is -2.21. The number of carbonyl (C=O) groups excluding carboxylic acids is 1. The number of nitrogens with one attached hydrogen (secondary N) is 1. The number of aromatic nitrogens is 2. The molecule has 0 saturated heterocycles. The van der Waals surface area contributed by atoms with Crippen molar-refractivity contribution in [2.24, 2.45) is 5.10 Å². The second kappa shape index (κ2) is 13.9. The molecule has 5 aromatic rings. The van der Waals surface area contributed by atoms with Crippen molar-refractivity contribution in [2.45, 2.75) is 33.6 Å². The molecule has 1 aromatic heterocycles. The summed E-state index contributed by atoms with van der Waals surface area (Å²) in [5.74, 6) is 0.497. The standard InChI is InChI=1S/C35H33N5O6/c1-5-45-31-18-23(4)28(19-27(31)22(2)3)34-38-29-16-10-9-15-26(29)35(42)39(34)36-20-24-12-11-17-30(40(43)44)33(24)46-21-32(41)37-25-13-7-6-8-14-25/h6-20,22H,5,21H2,1-4H3,(H,37,41). The Morgan fingerprint density at radius 1 is 1.04 bits per heavy atom. The van der Waals surface area contributed by atoms with E-state index < -0.39 is 23.0 Å². The first-order valence-electron chi connectivity index (χ1n) is 14.8. The van der Waals surface area contributed by atoms with Crippen LogP contribution in [0.2, 0.25) is 0 Å². The zero-order valence-corrected chi connectivity index (χ0v) is 25.9. The minimum absolute atomic E-state index is 0.119. The number of hydrogen-bond acceptors (Lipinski definition) is 8. The molecule has 0 radical (unpaired) electrons. The number of carbonyl (C=O) groups is 1. The highest BCUT2D eigenvalue weighted by molar-refractivity contribution is 5.92. The zero-order chi connectivity index (χ0) is 32.8. The molecule has 1 amide bonds. The predicted molar refractivity (Wildman–Crippen MR) is 178 cm³/mol. The highest BCUT2D eigenvalue weighted by Crippen LogP contribution is 2.35. The Kier molecular flexibility index (Phi) is 9.51. The molecule has 234 valence electrons. The fourth-order valence-electron chi connectivity index (χ4n) is 5.00. The van der Waals surface area contributed by atoms with Gasteiger partial charge in [0.15, 0.2) is 12.4 Å².